The number of hydrogen-bond acceptors (Lipinski definition) is 3. The van der Waals surface area contributed by atoms with E-state index < -0.39 is 0 Å². The third-order valence-electron chi connectivity index (χ3n) is 3.76. The van der Waals surface area contributed by atoms with Crippen LogP contribution in [-0.4, -0.2) is 11.5 Å². The zero-order chi connectivity index (χ0) is 13.2. The maximum atomic E-state index is 10.9. The van der Waals surface area contributed by atoms with Gasteiger partial charge in [0.1, 0.15) is 0 Å². The second-order valence-electron chi connectivity index (χ2n) is 4.99. The molecule has 1 aliphatic rings. The minimum Gasteiger partial charge on any atom is -0.312 e. The van der Waals surface area contributed by atoms with Crippen molar-refractivity contribution in [3.05, 3.63) is 38.9 Å². The van der Waals surface area contributed by atoms with Gasteiger partial charge < -0.3 is 5.32 Å². The number of hydrogen-bond donors (Lipinski definition) is 1. The summed E-state index contributed by atoms with van der Waals surface area (Å²) in [5.74, 6) is 0. The predicted molar refractivity (Wildman–Crippen MR) is 71.8 cm³/mol. The van der Waals surface area contributed by atoms with Gasteiger partial charge in [0, 0.05) is 29.7 Å². The molecule has 0 spiro atoms. The minimum atomic E-state index is -0.361. The lowest BCUT2D eigenvalue weighted by atomic mass is 10.0. The van der Waals surface area contributed by atoms with Gasteiger partial charge in [-0.1, -0.05) is 18.5 Å². The molecule has 0 saturated heterocycles. The summed E-state index contributed by atoms with van der Waals surface area (Å²) >= 11 is 5.88. The van der Waals surface area contributed by atoms with Crippen LogP contribution in [0.2, 0.25) is 5.02 Å². The molecule has 4 nitrogen and oxygen atoms in total. The van der Waals surface area contributed by atoms with E-state index in [9.17, 15) is 10.1 Å². The lowest BCUT2D eigenvalue weighted by molar-refractivity contribution is -0.385. The van der Waals surface area contributed by atoms with E-state index >= 15 is 0 Å². The molecule has 1 aromatic carbocycles. The van der Waals surface area contributed by atoms with Crippen molar-refractivity contribution in [3.63, 3.8) is 0 Å². The van der Waals surface area contributed by atoms with Gasteiger partial charge in [0.25, 0.3) is 5.69 Å². The van der Waals surface area contributed by atoms with Crippen LogP contribution >= 0.6 is 11.6 Å². The van der Waals surface area contributed by atoms with Crippen molar-refractivity contribution in [1.29, 1.82) is 0 Å². The van der Waals surface area contributed by atoms with Crippen molar-refractivity contribution in [2.75, 3.05) is 6.54 Å². The molecule has 1 aliphatic carbocycles. The largest absolute Gasteiger partial charge is 0.312 e. The SMILES string of the molecule is CCC1(CNCc2cc(Cl)ccc2[N+](=O)[O-])CC1. The molecule has 0 radical (unpaired) electrons. The summed E-state index contributed by atoms with van der Waals surface area (Å²) in [6, 6.07) is 4.68. The smallest absolute Gasteiger partial charge is 0.273 e. The van der Waals surface area contributed by atoms with Crippen LogP contribution in [0, 0.1) is 15.5 Å². The van der Waals surface area contributed by atoms with Crippen LogP contribution in [0.15, 0.2) is 18.2 Å². The summed E-state index contributed by atoms with van der Waals surface area (Å²) in [5.41, 5.74) is 1.22. The van der Waals surface area contributed by atoms with E-state index in [0.717, 1.165) is 13.0 Å². The summed E-state index contributed by atoms with van der Waals surface area (Å²) in [6.07, 6.45) is 3.68. The lowest BCUT2D eigenvalue weighted by Gasteiger charge is -2.13. The maximum absolute atomic E-state index is 10.9. The molecule has 1 fully saturated rings. The molecular weight excluding hydrogens is 252 g/mol. The van der Waals surface area contributed by atoms with Gasteiger partial charge in [-0.3, -0.25) is 10.1 Å². The molecular formula is C13H17ClN2O2. The molecule has 0 heterocycles. The molecule has 2 rings (SSSR count). The quantitative estimate of drug-likeness (QED) is 0.634. The Morgan fingerprint density at radius 3 is 2.78 bits per heavy atom. The highest BCUT2D eigenvalue weighted by Crippen LogP contribution is 2.47. The van der Waals surface area contributed by atoms with Crippen LogP contribution < -0.4 is 5.32 Å². The summed E-state index contributed by atoms with van der Waals surface area (Å²) in [6.45, 7) is 3.61. The summed E-state index contributed by atoms with van der Waals surface area (Å²) < 4.78 is 0. The number of benzene rings is 1. The van der Waals surface area contributed by atoms with Crippen LogP contribution in [0.4, 0.5) is 5.69 Å². The average Bonchev–Trinajstić information content (AvgIpc) is 3.09. The van der Waals surface area contributed by atoms with E-state index in [-0.39, 0.29) is 10.6 Å². The summed E-state index contributed by atoms with van der Waals surface area (Å²) in [7, 11) is 0. The van der Waals surface area contributed by atoms with Gasteiger partial charge in [-0.15, -0.1) is 0 Å². The Hall–Kier alpha value is -1.13. The maximum Gasteiger partial charge on any atom is 0.273 e. The topological polar surface area (TPSA) is 55.2 Å². The van der Waals surface area contributed by atoms with Crippen molar-refractivity contribution in [1.82, 2.24) is 5.32 Å². The number of rotatable bonds is 6. The summed E-state index contributed by atoms with van der Waals surface area (Å²) in [4.78, 5) is 10.5. The van der Waals surface area contributed by atoms with Crippen LogP contribution in [-0.2, 0) is 6.54 Å². The van der Waals surface area contributed by atoms with Crippen molar-refractivity contribution in [2.24, 2.45) is 5.41 Å². The van der Waals surface area contributed by atoms with E-state index in [0.29, 0.717) is 22.5 Å². The van der Waals surface area contributed by atoms with Crippen molar-refractivity contribution in [3.8, 4) is 0 Å². The Kier molecular flexibility index (Phi) is 3.88. The first-order chi connectivity index (χ1) is 8.56. The Balaban J connectivity index is 1.99. The number of halogens is 1. The van der Waals surface area contributed by atoms with E-state index in [1.165, 1.54) is 18.9 Å². The molecule has 0 amide bonds. The zero-order valence-corrected chi connectivity index (χ0v) is 11.2. The monoisotopic (exact) mass is 268 g/mol. The van der Waals surface area contributed by atoms with Crippen LogP contribution in [0.3, 0.4) is 0 Å². The number of nitro groups is 1. The molecule has 98 valence electrons. The van der Waals surface area contributed by atoms with Crippen LogP contribution in [0.25, 0.3) is 0 Å². The first-order valence-electron chi connectivity index (χ1n) is 6.20. The van der Waals surface area contributed by atoms with E-state index in [2.05, 4.69) is 12.2 Å². The molecule has 1 aromatic rings. The number of nitrogens with one attached hydrogen (secondary N) is 1. The van der Waals surface area contributed by atoms with E-state index in [4.69, 9.17) is 11.6 Å². The highest BCUT2D eigenvalue weighted by Gasteiger charge is 2.39. The van der Waals surface area contributed by atoms with Gasteiger partial charge in [0.05, 0.1) is 4.92 Å². The van der Waals surface area contributed by atoms with Crippen molar-refractivity contribution >= 4 is 17.3 Å². The second-order valence-corrected chi connectivity index (χ2v) is 5.42. The van der Waals surface area contributed by atoms with Crippen LogP contribution in [0.1, 0.15) is 31.7 Å². The zero-order valence-electron chi connectivity index (χ0n) is 10.4. The van der Waals surface area contributed by atoms with Gasteiger partial charge in [0.15, 0.2) is 0 Å². The van der Waals surface area contributed by atoms with Gasteiger partial charge in [-0.2, -0.15) is 0 Å². The predicted octanol–water partition coefficient (Wildman–Crippen LogP) is 3.53. The molecule has 1 N–H and O–H groups in total. The van der Waals surface area contributed by atoms with E-state index in [1.807, 2.05) is 0 Å². The van der Waals surface area contributed by atoms with Gasteiger partial charge >= 0.3 is 0 Å². The van der Waals surface area contributed by atoms with Crippen LogP contribution in [0.5, 0.6) is 0 Å². The Morgan fingerprint density at radius 2 is 2.22 bits per heavy atom. The van der Waals surface area contributed by atoms with Gasteiger partial charge in [0.2, 0.25) is 0 Å². The van der Waals surface area contributed by atoms with Crippen molar-refractivity contribution < 1.29 is 4.92 Å². The molecule has 0 aromatic heterocycles. The second kappa shape index (κ2) is 5.24. The van der Waals surface area contributed by atoms with E-state index in [1.54, 1.807) is 12.1 Å². The lowest BCUT2D eigenvalue weighted by Crippen LogP contribution is -2.23. The third-order valence-corrected chi connectivity index (χ3v) is 4.00. The number of nitro benzene ring substituents is 1. The first-order valence-corrected chi connectivity index (χ1v) is 6.58. The standard InChI is InChI=1S/C13H17ClN2O2/c1-2-13(5-6-13)9-15-8-10-7-11(14)3-4-12(10)16(17)18/h3-4,7,15H,2,5-6,8-9H2,1H3. The fourth-order valence-electron chi connectivity index (χ4n) is 2.17. The highest BCUT2D eigenvalue weighted by molar-refractivity contribution is 6.30. The molecule has 1 saturated carbocycles. The minimum absolute atomic E-state index is 0.133. The third kappa shape index (κ3) is 3.00. The molecule has 0 aliphatic heterocycles. The highest BCUT2D eigenvalue weighted by atomic mass is 35.5. The Labute approximate surface area is 111 Å². The molecule has 5 heteroatoms. The normalized spacial score (nSPS) is 16.6. The first kappa shape index (κ1) is 13.3. The summed E-state index contributed by atoms with van der Waals surface area (Å²) in [5, 5.41) is 14.7. The molecule has 0 unspecified atom stereocenters. The fraction of sp³-hybridized carbons (Fsp3) is 0.538. The fourth-order valence-corrected chi connectivity index (χ4v) is 2.36. The average molecular weight is 269 g/mol. The Bertz CT molecular complexity index is 458. The Morgan fingerprint density at radius 1 is 1.50 bits per heavy atom. The van der Waals surface area contributed by atoms with Crippen molar-refractivity contribution in [2.45, 2.75) is 32.7 Å². The molecule has 18 heavy (non-hydrogen) atoms. The van der Waals surface area contributed by atoms with Gasteiger partial charge in [-0.05, 0) is 36.8 Å². The van der Waals surface area contributed by atoms with Gasteiger partial charge in [-0.25, -0.2) is 0 Å². The molecule has 0 bridgehead atoms. The molecule has 0 atom stereocenters. The number of nitrogens with zero attached hydrogens (tertiary/aromatic N) is 1.